The first kappa shape index (κ1) is 15.9. The Balaban J connectivity index is 2.40. The molecule has 0 atom stereocenters. The molecule has 0 fully saturated rings. The van der Waals surface area contributed by atoms with Crippen LogP contribution >= 0.6 is 12.2 Å². The third-order valence-electron chi connectivity index (χ3n) is 3.04. The van der Waals surface area contributed by atoms with Gasteiger partial charge in [0.25, 0.3) is 0 Å². The Morgan fingerprint density at radius 2 is 1.79 bits per heavy atom. The van der Waals surface area contributed by atoms with E-state index in [1.54, 1.807) is 0 Å². The molecule has 0 saturated carbocycles. The molecule has 1 rings (SSSR count). The monoisotopic (exact) mass is 280 g/mol. The van der Waals surface area contributed by atoms with E-state index < -0.39 is 0 Å². The van der Waals surface area contributed by atoms with Crippen LogP contribution in [-0.4, -0.2) is 42.7 Å². The van der Waals surface area contributed by atoms with Gasteiger partial charge in [0, 0.05) is 18.7 Å². The normalized spacial score (nSPS) is 10.5. The molecule has 0 aromatic heterocycles. The van der Waals surface area contributed by atoms with Crippen LogP contribution in [-0.2, 0) is 0 Å². The Bertz CT molecular complexity index is 374. The highest BCUT2D eigenvalue weighted by Gasteiger charge is 2.02. The fraction of sp³-hybridized carbons (Fsp3) is 0.533. The van der Waals surface area contributed by atoms with Crippen molar-refractivity contribution in [2.75, 3.05) is 32.8 Å². The number of ether oxygens (including phenoxy) is 1. The van der Waals surface area contributed by atoms with Crippen LogP contribution in [0.2, 0.25) is 0 Å². The van der Waals surface area contributed by atoms with E-state index >= 15 is 0 Å². The Kier molecular flexibility index (Phi) is 7.45. The second-order valence-electron chi connectivity index (χ2n) is 4.24. The first-order valence-electron chi connectivity index (χ1n) is 6.94. The number of hydrogen-bond donors (Lipinski definition) is 1. The number of likely N-dealkylation sites (N-methyl/N-ethyl adjacent to an activating group) is 1. The van der Waals surface area contributed by atoms with E-state index in [2.05, 4.69) is 24.1 Å². The molecule has 0 amide bonds. The van der Waals surface area contributed by atoms with Gasteiger partial charge in [0.15, 0.2) is 0 Å². The minimum absolute atomic E-state index is 0.686. The summed E-state index contributed by atoms with van der Waals surface area (Å²) in [6.45, 7) is 11.1. The van der Waals surface area contributed by atoms with Crippen LogP contribution in [0.5, 0.6) is 5.75 Å². The maximum Gasteiger partial charge on any atom is 0.119 e. The van der Waals surface area contributed by atoms with Crippen LogP contribution in [0.15, 0.2) is 24.3 Å². The zero-order valence-corrected chi connectivity index (χ0v) is 12.9. The van der Waals surface area contributed by atoms with Crippen molar-refractivity contribution in [2.24, 2.45) is 0 Å². The third-order valence-corrected chi connectivity index (χ3v) is 3.42. The Hall–Kier alpha value is -1.13. The van der Waals surface area contributed by atoms with E-state index in [1.807, 2.05) is 31.2 Å². The number of benzene rings is 1. The van der Waals surface area contributed by atoms with Crippen molar-refractivity contribution in [3.8, 4) is 5.75 Å². The van der Waals surface area contributed by atoms with Gasteiger partial charge in [0.05, 0.1) is 6.61 Å². The fourth-order valence-corrected chi connectivity index (χ4v) is 2.08. The van der Waals surface area contributed by atoms with Crippen molar-refractivity contribution in [3.63, 3.8) is 0 Å². The summed E-state index contributed by atoms with van der Waals surface area (Å²) in [5.41, 5.74) is 1.04. The Labute approximate surface area is 121 Å². The fourth-order valence-electron chi connectivity index (χ4n) is 1.84. The molecular formula is C15H24N2OS. The lowest BCUT2D eigenvalue weighted by molar-refractivity contribution is 0.309. The van der Waals surface area contributed by atoms with Crippen LogP contribution < -0.4 is 10.1 Å². The maximum atomic E-state index is 5.41. The number of thiocarbonyl (C=S) groups is 1. The summed E-state index contributed by atoms with van der Waals surface area (Å²) < 4.78 is 5.41. The highest BCUT2D eigenvalue weighted by molar-refractivity contribution is 7.80. The van der Waals surface area contributed by atoms with Crippen LogP contribution in [0.25, 0.3) is 0 Å². The number of hydrogen-bond acceptors (Lipinski definition) is 3. The zero-order chi connectivity index (χ0) is 14.1. The van der Waals surface area contributed by atoms with Crippen molar-refractivity contribution in [2.45, 2.75) is 20.8 Å². The van der Waals surface area contributed by atoms with Crippen LogP contribution in [0.3, 0.4) is 0 Å². The lowest BCUT2D eigenvalue weighted by Gasteiger charge is -2.18. The highest BCUT2D eigenvalue weighted by Crippen LogP contribution is 2.12. The van der Waals surface area contributed by atoms with Crippen LogP contribution in [0.4, 0.5) is 0 Å². The molecule has 0 spiro atoms. The molecule has 0 aliphatic heterocycles. The van der Waals surface area contributed by atoms with Crippen molar-refractivity contribution in [3.05, 3.63) is 29.8 Å². The molecule has 0 aliphatic carbocycles. The molecule has 1 aromatic rings. The van der Waals surface area contributed by atoms with Gasteiger partial charge in [-0.3, -0.25) is 0 Å². The molecule has 3 nitrogen and oxygen atoms in total. The molecule has 0 bridgehead atoms. The van der Waals surface area contributed by atoms with E-state index in [0.29, 0.717) is 6.61 Å². The lowest BCUT2D eigenvalue weighted by Crippen LogP contribution is -2.34. The van der Waals surface area contributed by atoms with Crippen LogP contribution in [0.1, 0.15) is 26.3 Å². The first-order valence-corrected chi connectivity index (χ1v) is 7.35. The second-order valence-corrected chi connectivity index (χ2v) is 4.65. The molecular weight excluding hydrogens is 256 g/mol. The number of nitrogens with zero attached hydrogens (tertiary/aromatic N) is 1. The van der Waals surface area contributed by atoms with Gasteiger partial charge in [-0.2, -0.15) is 0 Å². The number of rotatable bonds is 8. The summed E-state index contributed by atoms with van der Waals surface area (Å²) in [5.74, 6) is 0.886. The van der Waals surface area contributed by atoms with Crippen molar-refractivity contribution < 1.29 is 4.74 Å². The summed E-state index contributed by atoms with van der Waals surface area (Å²) in [5, 5.41) is 3.30. The molecule has 1 N–H and O–H groups in total. The van der Waals surface area contributed by atoms with Gasteiger partial charge in [0.2, 0.25) is 0 Å². The van der Waals surface area contributed by atoms with Crippen molar-refractivity contribution >= 4 is 17.2 Å². The molecule has 0 unspecified atom stereocenters. The predicted octanol–water partition coefficient (Wildman–Crippen LogP) is 2.69. The summed E-state index contributed by atoms with van der Waals surface area (Å²) in [4.78, 5) is 3.17. The molecule has 0 radical (unpaired) electrons. The predicted molar refractivity (Wildman–Crippen MR) is 85.1 cm³/mol. The zero-order valence-electron chi connectivity index (χ0n) is 12.1. The Morgan fingerprint density at radius 1 is 1.16 bits per heavy atom. The highest BCUT2D eigenvalue weighted by atomic mass is 32.1. The summed E-state index contributed by atoms with van der Waals surface area (Å²) in [6, 6.07) is 7.91. The molecule has 0 aliphatic rings. The van der Waals surface area contributed by atoms with Gasteiger partial charge < -0.3 is 15.0 Å². The van der Waals surface area contributed by atoms with Gasteiger partial charge in [-0.25, -0.2) is 0 Å². The maximum absolute atomic E-state index is 5.41. The lowest BCUT2D eigenvalue weighted by atomic mass is 10.2. The molecule has 0 heterocycles. The van der Waals surface area contributed by atoms with Crippen molar-refractivity contribution in [1.82, 2.24) is 10.2 Å². The van der Waals surface area contributed by atoms with Crippen molar-refractivity contribution in [1.29, 1.82) is 0 Å². The van der Waals surface area contributed by atoms with E-state index in [9.17, 15) is 0 Å². The first-order chi connectivity index (χ1) is 9.21. The standard InChI is InChI=1S/C15H24N2OS/c1-4-17(5-2)12-11-16-15(19)13-7-9-14(10-8-13)18-6-3/h7-10H,4-6,11-12H2,1-3H3,(H,16,19). The van der Waals surface area contributed by atoms with Crippen LogP contribution in [0, 0.1) is 0 Å². The summed E-state index contributed by atoms with van der Waals surface area (Å²) >= 11 is 5.38. The molecule has 1 aromatic carbocycles. The van der Waals surface area contributed by atoms with Gasteiger partial charge in [0.1, 0.15) is 10.7 Å². The topological polar surface area (TPSA) is 24.5 Å². The smallest absolute Gasteiger partial charge is 0.119 e. The molecule has 19 heavy (non-hydrogen) atoms. The number of nitrogens with one attached hydrogen (secondary N) is 1. The molecule has 0 saturated heterocycles. The van der Waals surface area contributed by atoms with Gasteiger partial charge in [-0.05, 0) is 44.3 Å². The minimum Gasteiger partial charge on any atom is -0.494 e. The largest absolute Gasteiger partial charge is 0.494 e. The molecule has 4 heteroatoms. The average Bonchev–Trinajstić information content (AvgIpc) is 2.44. The van der Waals surface area contributed by atoms with Gasteiger partial charge in [-0.1, -0.05) is 26.1 Å². The molecule has 106 valence electrons. The summed E-state index contributed by atoms with van der Waals surface area (Å²) in [6.07, 6.45) is 0. The Morgan fingerprint density at radius 3 is 2.32 bits per heavy atom. The van der Waals surface area contributed by atoms with Gasteiger partial charge in [-0.15, -0.1) is 0 Å². The van der Waals surface area contributed by atoms with E-state index in [4.69, 9.17) is 17.0 Å². The second kappa shape index (κ2) is 8.88. The average molecular weight is 280 g/mol. The van der Waals surface area contributed by atoms with E-state index in [0.717, 1.165) is 42.5 Å². The van der Waals surface area contributed by atoms with Gasteiger partial charge >= 0.3 is 0 Å². The summed E-state index contributed by atoms with van der Waals surface area (Å²) in [7, 11) is 0. The quantitative estimate of drug-likeness (QED) is 0.740. The SMILES string of the molecule is CCOc1ccc(C(=S)NCCN(CC)CC)cc1. The van der Waals surface area contributed by atoms with E-state index in [-0.39, 0.29) is 0 Å². The van der Waals surface area contributed by atoms with E-state index in [1.165, 1.54) is 0 Å². The minimum atomic E-state index is 0.686. The third kappa shape index (κ3) is 5.57.